The molecular formula is C27H36FN3O5. The van der Waals surface area contributed by atoms with Gasteiger partial charge in [0.2, 0.25) is 5.91 Å². The van der Waals surface area contributed by atoms with Crippen molar-refractivity contribution in [2.75, 3.05) is 26.2 Å². The minimum absolute atomic E-state index is 0.0968. The molecule has 1 saturated carbocycles. The van der Waals surface area contributed by atoms with E-state index in [2.05, 4.69) is 12.2 Å². The van der Waals surface area contributed by atoms with E-state index >= 15 is 0 Å². The molecule has 196 valence electrons. The third-order valence-corrected chi connectivity index (χ3v) is 5.82. The van der Waals surface area contributed by atoms with Gasteiger partial charge in [0.05, 0.1) is 18.2 Å². The molecule has 2 aromatic rings. The lowest BCUT2D eigenvalue weighted by Gasteiger charge is -2.29. The zero-order valence-corrected chi connectivity index (χ0v) is 20.7. The average Bonchev–Trinajstić information content (AvgIpc) is 3.74. The zero-order valence-electron chi connectivity index (χ0n) is 20.7. The van der Waals surface area contributed by atoms with Crippen molar-refractivity contribution in [2.24, 2.45) is 5.73 Å². The van der Waals surface area contributed by atoms with Crippen molar-refractivity contribution in [1.29, 1.82) is 0 Å². The number of halogens is 1. The van der Waals surface area contributed by atoms with Crippen LogP contribution in [0.4, 0.5) is 4.39 Å². The number of carbonyl (C=O) groups is 3. The molecule has 1 aliphatic carbocycles. The molecule has 1 aliphatic heterocycles. The fraction of sp³-hybridized carbons (Fsp3) is 0.444. The van der Waals surface area contributed by atoms with E-state index in [0.29, 0.717) is 31.5 Å². The maximum atomic E-state index is 12.4. The van der Waals surface area contributed by atoms with E-state index in [1.807, 2.05) is 12.1 Å². The molecule has 0 spiro atoms. The van der Waals surface area contributed by atoms with E-state index in [1.54, 1.807) is 4.90 Å². The summed E-state index contributed by atoms with van der Waals surface area (Å²) in [5.74, 6) is -1.08. The fourth-order valence-electron chi connectivity index (χ4n) is 3.40. The number of hydrogen-bond donors (Lipinski definition) is 4. The number of likely N-dealkylation sites (tertiary alicyclic amines) is 1. The van der Waals surface area contributed by atoms with Crippen LogP contribution in [0.25, 0.3) is 0 Å². The van der Waals surface area contributed by atoms with E-state index in [9.17, 15) is 23.9 Å². The summed E-state index contributed by atoms with van der Waals surface area (Å²) >= 11 is 0. The summed E-state index contributed by atoms with van der Waals surface area (Å²) in [7, 11) is 0. The van der Waals surface area contributed by atoms with Gasteiger partial charge in [0.1, 0.15) is 5.82 Å². The molecule has 5 N–H and O–H groups in total. The number of nitrogens with two attached hydrogens (primary N) is 1. The monoisotopic (exact) mass is 501 g/mol. The Morgan fingerprint density at radius 1 is 0.972 bits per heavy atom. The summed E-state index contributed by atoms with van der Waals surface area (Å²) < 4.78 is 12.4. The van der Waals surface area contributed by atoms with Gasteiger partial charge in [-0.3, -0.25) is 9.59 Å². The van der Waals surface area contributed by atoms with Gasteiger partial charge < -0.3 is 26.2 Å². The standard InChI is InChI=1S/C15H18N2O5.C9H9F.C3H9N/c18-12-5-7-17(8-6-12)13(19)9-16-14(20)10-1-3-11(4-2-10)15(21)22;10-9-5-3-8(4-6-9)7-1-2-7;1-2-3-4/h1-4,12,18H,5-9H2,(H,16,20)(H,21,22);3-7H,1-2H2;2-4H2,1H3. The minimum Gasteiger partial charge on any atom is -0.478 e. The Morgan fingerprint density at radius 3 is 1.97 bits per heavy atom. The van der Waals surface area contributed by atoms with Gasteiger partial charge in [-0.25, -0.2) is 9.18 Å². The number of benzene rings is 2. The van der Waals surface area contributed by atoms with Crippen molar-refractivity contribution in [1.82, 2.24) is 10.2 Å². The molecule has 1 heterocycles. The minimum atomic E-state index is -1.06. The number of rotatable bonds is 6. The number of carbonyl (C=O) groups excluding carboxylic acids is 2. The molecule has 2 fully saturated rings. The van der Waals surface area contributed by atoms with E-state index in [1.165, 1.54) is 54.8 Å². The molecule has 2 aromatic carbocycles. The van der Waals surface area contributed by atoms with Crippen LogP contribution in [0.1, 0.15) is 71.2 Å². The Labute approximate surface area is 211 Å². The predicted molar refractivity (Wildman–Crippen MR) is 135 cm³/mol. The number of carboxylic acid groups (broad SMARTS) is 1. The normalized spacial score (nSPS) is 15.1. The molecule has 2 amide bonds. The van der Waals surface area contributed by atoms with Crippen LogP contribution < -0.4 is 11.1 Å². The summed E-state index contributed by atoms with van der Waals surface area (Å²) in [6, 6.07) is 12.3. The second-order valence-corrected chi connectivity index (χ2v) is 8.79. The van der Waals surface area contributed by atoms with E-state index in [4.69, 9.17) is 10.8 Å². The van der Waals surface area contributed by atoms with Gasteiger partial charge in [-0.05, 0) is 86.5 Å². The van der Waals surface area contributed by atoms with Crippen molar-refractivity contribution in [3.63, 3.8) is 0 Å². The quantitative estimate of drug-likeness (QED) is 0.481. The zero-order chi connectivity index (χ0) is 26.5. The molecule has 2 aliphatic rings. The molecule has 8 nitrogen and oxygen atoms in total. The average molecular weight is 502 g/mol. The number of amides is 2. The van der Waals surface area contributed by atoms with E-state index < -0.39 is 11.9 Å². The fourth-order valence-corrected chi connectivity index (χ4v) is 3.40. The predicted octanol–water partition coefficient (Wildman–Crippen LogP) is 3.16. The van der Waals surface area contributed by atoms with Crippen molar-refractivity contribution in [2.45, 2.75) is 51.0 Å². The Balaban J connectivity index is 0.000000266. The maximum Gasteiger partial charge on any atom is 0.335 e. The molecule has 0 radical (unpaired) electrons. The smallest absolute Gasteiger partial charge is 0.335 e. The first-order valence-corrected chi connectivity index (χ1v) is 12.3. The summed E-state index contributed by atoms with van der Waals surface area (Å²) in [5.41, 5.74) is 6.72. The largest absolute Gasteiger partial charge is 0.478 e. The second-order valence-electron chi connectivity index (χ2n) is 8.79. The Kier molecular flexibility index (Phi) is 12.0. The molecular weight excluding hydrogens is 465 g/mol. The van der Waals surface area contributed by atoms with Crippen LogP contribution in [0.2, 0.25) is 0 Å². The molecule has 0 bridgehead atoms. The highest BCUT2D eigenvalue weighted by Gasteiger charge is 2.23. The van der Waals surface area contributed by atoms with Gasteiger partial charge in [-0.1, -0.05) is 19.1 Å². The number of carboxylic acids is 1. The maximum absolute atomic E-state index is 12.4. The van der Waals surface area contributed by atoms with Crippen LogP contribution in [-0.2, 0) is 4.79 Å². The Bertz CT molecular complexity index is 968. The van der Waals surface area contributed by atoms with Crippen LogP contribution in [0, 0.1) is 5.82 Å². The van der Waals surface area contributed by atoms with Gasteiger partial charge in [-0.2, -0.15) is 0 Å². The first-order valence-electron chi connectivity index (χ1n) is 12.3. The number of aliphatic hydroxyl groups is 1. The van der Waals surface area contributed by atoms with Crippen molar-refractivity contribution < 1.29 is 29.0 Å². The topological polar surface area (TPSA) is 133 Å². The van der Waals surface area contributed by atoms with Crippen molar-refractivity contribution in [3.05, 3.63) is 71.0 Å². The number of piperidine rings is 1. The van der Waals surface area contributed by atoms with Crippen LogP contribution in [0.15, 0.2) is 48.5 Å². The van der Waals surface area contributed by atoms with Crippen LogP contribution >= 0.6 is 0 Å². The van der Waals surface area contributed by atoms with Gasteiger partial charge in [0.25, 0.3) is 5.91 Å². The van der Waals surface area contributed by atoms with Gasteiger partial charge in [0, 0.05) is 18.7 Å². The Hall–Kier alpha value is -3.30. The number of nitrogens with zero attached hydrogens (tertiary/aromatic N) is 1. The first-order chi connectivity index (χ1) is 17.2. The van der Waals surface area contributed by atoms with Crippen LogP contribution in [0.3, 0.4) is 0 Å². The Morgan fingerprint density at radius 2 is 1.50 bits per heavy atom. The molecule has 0 aromatic heterocycles. The van der Waals surface area contributed by atoms with E-state index in [-0.39, 0.29) is 29.9 Å². The summed E-state index contributed by atoms with van der Waals surface area (Å²) in [6.07, 6.45) is 4.41. The second kappa shape index (κ2) is 15.0. The number of hydrogen-bond acceptors (Lipinski definition) is 5. The molecule has 4 rings (SSSR count). The third-order valence-electron chi connectivity index (χ3n) is 5.82. The van der Waals surface area contributed by atoms with Gasteiger partial charge in [-0.15, -0.1) is 0 Å². The lowest BCUT2D eigenvalue weighted by Crippen LogP contribution is -2.45. The van der Waals surface area contributed by atoms with Crippen LogP contribution in [0.5, 0.6) is 0 Å². The van der Waals surface area contributed by atoms with E-state index in [0.717, 1.165) is 18.9 Å². The molecule has 1 saturated heterocycles. The number of aliphatic hydroxyl groups excluding tert-OH is 1. The lowest BCUT2D eigenvalue weighted by molar-refractivity contribution is -0.132. The molecule has 36 heavy (non-hydrogen) atoms. The van der Waals surface area contributed by atoms with Gasteiger partial charge >= 0.3 is 5.97 Å². The van der Waals surface area contributed by atoms with Crippen LogP contribution in [-0.4, -0.2) is 65.2 Å². The molecule has 9 heteroatoms. The highest BCUT2D eigenvalue weighted by atomic mass is 19.1. The number of aromatic carboxylic acids is 1. The highest BCUT2D eigenvalue weighted by Crippen LogP contribution is 2.39. The van der Waals surface area contributed by atoms with Crippen molar-refractivity contribution in [3.8, 4) is 0 Å². The first kappa shape index (κ1) is 28.9. The number of nitrogens with one attached hydrogen (secondary N) is 1. The SMILES string of the molecule is CCCN.Fc1ccc(C2CC2)cc1.O=C(O)c1ccc(C(=O)NCC(=O)N2CCC(O)CC2)cc1. The summed E-state index contributed by atoms with van der Waals surface area (Å²) in [6.45, 7) is 3.74. The summed E-state index contributed by atoms with van der Waals surface area (Å²) in [4.78, 5) is 36.2. The van der Waals surface area contributed by atoms with Gasteiger partial charge in [0.15, 0.2) is 0 Å². The molecule has 0 atom stereocenters. The molecule has 0 unspecified atom stereocenters. The summed E-state index contributed by atoms with van der Waals surface area (Å²) in [5, 5.41) is 20.7. The highest BCUT2D eigenvalue weighted by molar-refractivity contribution is 5.97. The lowest BCUT2D eigenvalue weighted by atomic mass is 10.1. The van der Waals surface area contributed by atoms with Crippen molar-refractivity contribution >= 4 is 17.8 Å². The third kappa shape index (κ3) is 10.1.